The van der Waals surface area contributed by atoms with E-state index in [1.807, 2.05) is 38.2 Å². The molecule has 1 aliphatic heterocycles. The van der Waals surface area contributed by atoms with Gasteiger partial charge in [-0.05, 0) is 26.0 Å². The number of sulfonamides is 1. The van der Waals surface area contributed by atoms with Crippen molar-refractivity contribution in [3.63, 3.8) is 0 Å². The van der Waals surface area contributed by atoms with E-state index in [-0.39, 0.29) is 17.5 Å². The molecule has 1 aromatic carbocycles. The van der Waals surface area contributed by atoms with Gasteiger partial charge in [0, 0.05) is 56.6 Å². The summed E-state index contributed by atoms with van der Waals surface area (Å²) in [5, 5.41) is 13.0. The second-order valence-corrected chi connectivity index (χ2v) is 9.89. The topological polar surface area (TPSA) is 112 Å². The fourth-order valence-electron chi connectivity index (χ4n) is 3.86. The van der Waals surface area contributed by atoms with Gasteiger partial charge in [0.2, 0.25) is 5.89 Å². The number of aryl methyl sites for hydroxylation is 4. The van der Waals surface area contributed by atoms with Gasteiger partial charge in [-0.1, -0.05) is 17.7 Å². The Morgan fingerprint density at radius 2 is 1.75 bits per heavy atom. The van der Waals surface area contributed by atoms with Crippen molar-refractivity contribution in [1.82, 2.24) is 33.8 Å². The maximum Gasteiger partial charge on any atom is 0.268 e. The molecule has 0 saturated carbocycles. The summed E-state index contributed by atoms with van der Waals surface area (Å²) < 4.78 is 37.2. The summed E-state index contributed by atoms with van der Waals surface area (Å²) in [6, 6.07) is 7.79. The SMILES string of the molecule is Cc1ccc(-c2nnc(-c3nn(C)c4c3CN(S(=O)(=O)c3cn(C)c(C)n3)CC4)o2)cc1. The third-order valence-electron chi connectivity index (χ3n) is 5.82. The van der Waals surface area contributed by atoms with Gasteiger partial charge >= 0.3 is 0 Å². The first kappa shape index (κ1) is 20.6. The lowest BCUT2D eigenvalue weighted by molar-refractivity contribution is 0.384. The number of nitrogens with zero attached hydrogens (tertiary/aromatic N) is 7. The van der Waals surface area contributed by atoms with Crippen molar-refractivity contribution in [1.29, 1.82) is 0 Å². The molecule has 0 amide bonds. The van der Waals surface area contributed by atoms with E-state index >= 15 is 0 Å². The molecule has 5 rings (SSSR count). The second kappa shape index (κ2) is 7.38. The molecule has 0 aliphatic carbocycles. The molecular formula is C21H23N7O3S. The summed E-state index contributed by atoms with van der Waals surface area (Å²) in [7, 11) is -0.127. The standard InChI is InChI=1S/C21H23N7O3S/c1-13-5-7-15(8-6-13)20-23-24-21(31-20)19-16-11-28(10-9-17(16)27(4)25-19)32(29,30)18-12-26(3)14(2)22-18/h5-8,12H,9-11H2,1-4H3. The molecule has 0 N–H and O–H groups in total. The minimum atomic E-state index is -3.74. The van der Waals surface area contributed by atoms with Crippen LogP contribution in [0, 0.1) is 13.8 Å². The molecule has 0 saturated heterocycles. The monoisotopic (exact) mass is 453 g/mol. The van der Waals surface area contributed by atoms with E-state index in [2.05, 4.69) is 20.3 Å². The highest BCUT2D eigenvalue weighted by molar-refractivity contribution is 7.89. The van der Waals surface area contributed by atoms with Crippen LogP contribution in [-0.2, 0) is 37.1 Å². The zero-order chi connectivity index (χ0) is 22.6. The molecule has 1 aliphatic rings. The molecule has 4 heterocycles. The Hall–Kier alpha value is -3.31. The van der Waals surface area contributed by atoms with E-state index in [1.165, 1.54) is 10.5 Å². The summed E-state index contributed by atoms with van der Waals surface area (Å²) >= 11 is 0. The smallest absolute Gasteiger partial charge is 0.268 e. The number of rotatable bonds is 4. The molecule has 32 heavy (non-hydrogen) atoms. The Morgan fingerprint density at radius 1 is 1.03 bits per heavy atom. The molecule has 0 unspecified atom stereocenters. The Balaban J connectivity index is 1.49. The summed E-state index contributed by atoms with van der Waals surface area (Å²) in [5.41, 5.74) is 4.18. The Morgan fingerprint density at radius 3 is 2.44 bits per heavy atom. The third kappa shape index (κ3) is 3.33. The highest BCUT2D eigenvalue weighted by Crippen LogP contribution is 2.32. The van der Waals surface area contributed by atoms with Gasteiger partial charge in [-0.3, -0.25) is 4.68 Å². The van der Waals surface area contributed by atoms with Crippen molar-refractivity contribution in [2.75, 3.05) is 6.54 Å². The van der Waals surface area contributed by atoms with Crippen LogP contribution in [0.4, 0.5) is 0 Å². The van der Waals surface area contributed by atoms with Crippen LogP contribution in [0.2, 0.25) is 0 Å². The average Bonchev–Trinajstić information content (AvgIpc) is 3.47. The van der Waals surface area contributed by atoms with Gasteiger partial charge in [0.05, 0.1) is 0 Å². The van der Waals surface area contributed by atoms with E-state index < -0.39 is 10.0 Å². The van der Waals surface area contributed by atoms with Gasteiger partial charge in [0.15, 0.2) is 10.7 Å². The van der Waals surface area contributed by atoms with Crippen LogP contribution >= 0.6 is 0 Å². The predicted molar refractivity (Wildman–Crippen MR) is 116 cm³/mol. The average molecular weight is 454 g/mol. The summed E-state index contributed by atoms with van der Waals surface area (Å²) in [6.07, 6.45) is 2.07. The van der Waals surface area contributed by atoms with Crippen molar-refractivity contribution in [3.8, 4) is 23.0 Å². The fraction of sp³-hybridized carbons (Fsp3) is 0.333. The van der Waals surface area contributed by atoms with Crippen LogP contribution in [-0.4, -0.2) is 48.8 Å². The van der Waals surface area contributed by atoms with Crippen molar-refractivity contribution in [2.45, 2.75) is 31.8 Å². The van der Waals surface area contributed by atoms with Gasteiger partial charge in [-0.25, -0.2) is 13.4 Å². The van der Waals surface area contributed by atoms with Crippen LogP contribution in [0.15, 0.2) is 39.9 Å². The molecular weight excluding hydrogens is 430 g/mol. The normalized spacial score (nSPS) is 14.6. The summed E-state index contributed by atoms with van der Waals surface area (Å²) in [4.78, 5) is 4.21. The van der Waals surface area contributed by atoms with E-state index in [0.29, 0.717) is 30.4 Å². The van der Waals surface area contributed by atoms with E-state index in [1.54, 1.807) is 23.2 Å². The van der Waals surface area contributed by atoms with E-state index in [0.717, 1.165) is 22.4 Å². The quantitative estimate of drug-likeness (QED) is 0.466. The van der Waals surface area contributed by atoms with Gasteiger partial charge in [-0.15, -0.1) is 10.2 Å². The van der Waals surface area contributed by atoms with E-state index in [9.17, 15) is 8.42 Å². The van der Waals surface area contributed by atoms with Crippen LogP contribution in [0.25, 0.3) is 23.0 Å². The molecule has 0 atom stereocenters. The first-order valence-electron chi connectivity index (χ1n) is 10.2. The van der Waals surface area contributed by atoms with Crippen LogP contribution in [0.5, 0.6) is 0 Å². The lowest BCUT2D eigenvalue weighted by Gasteiger charge is -2.25. The van der Waals surface area contributed by atoms with Crippen molar-refractivity contribution >= 4 is 10.0 Å². The number of aromatic nitrogens is 6. The van der Waals surface area contributed by atoms with Crippen molar-refractivity contribution in [3.05, 3.63) is 53.1 Å². The largest absolute Gasteiger partial charge is 0.415 e. The zero-order valence-corrected chi connectivity index (χ0v) is 19.1. The van der Waals surface area contributed by atoms with E-state index in [4.69, 9.17) is 4.42 Å². The number of benzene rings is 1. The Kier molecular flexibility index (Phi) is 4.75. The van der Waals surface area contributed by atoms with Crippen LogP contribution in [0.3, 0.4) is 0 Å². The molecule has 0 fully saturated rings. The maximum atomic E-state index is 13.2. The number of hydrogen-bond donors (Lipinski definition) is 0. The summed E-state index contributed by atoms with van der Waals surface area (Å²) in [6.45, 7) is 4.30. The summed E-state index contributed by atoms with van der Waals surface area (Å²) in [5.74, 6) is 1.30. The molecule has 0 bridgehead atoms. The number of hydrogen-bond acceptors (Lipinski definition) is 7. The Labute approximate surface area is 185 Å². The molecule has 166 valence electrons. The number of fused-ring (bicyclic) bond motifs is 1. The lowest BCUT2D eigenvalue weighted by atomic mass is 10.1. The van der Waals surface area contributed by atoms with Gasteiger partial charge < -0.3 is 8.98 Å². The minimum Gasteiger partial charge on any atom is -0.415 e. The molecule has 3 aromatic heterocycles. The Bertz CT molecular complexity index is 1390. The third-order valence-corrected chi connectivity index (χ3v) is 7.54. The second-order valence-electron chi connectivity index (χ2n) is 8.00. The van der Waals surface area contributed by atoms with Crippen molar-refractivity contribution in [2.24, 2.45) is 14.1 Å². The van der Waals surface area contributed by atoms with Crippen LogP contribution in [0.1, 0.15) is 22.6 Å². The van der Waals surface area contributed by atoms with Gasteiger partial charge in [-0.2, -0.15) is 9.40 Å². The van der Waals surface area contributed by atoms with Crippen LogP contribution < -0.4 is 0 Å². The predicted octanol–water partition coefficient (Wildman–Crippen LogP) is 2.23. The minimum absolute atomic E-state index is 0.0471. The highest BCUT2D eigenvalue weighted by atomic mass is 32.2. The van der Waals surface area contributed by atoms with Gasteiger partial charge in [0.25, 0.3) is 15.9 Å². The maximum absolute atomic E-state index is 13.2. The molecule has 0 radical (unpaired) electrons. The first-order valence-corrected chi connectivity index (χ1v) is 11.6. The van der Waals surface area contributed by atoms with Crippen molar-refractivity contribution < 1.29 is 12.8 Å². The number of imidazole rings is 1. The highest BCUT2D eigenvalue weighted by Gasteiger charge is 2.34. The van der Waals surface area contributed by atoms with Gasteiger partial charge in [0.1, 0.15) is 5.82 Å². The lowest BCUT2D eigenvalue weighted by Crippen LogP contribution is -2.36. The molecule has 0 spiro atoms. The molecule has 11 heteroatoms. The molecule has 4 aromatic rings. The molecule has 10 nitrogen and oxygen atoms in total. The zero-order valence-electron chi connectivity index (χ0n) is 18.3. The fourth-order valence-corrected chi connectivity index (χ4v) is 5.29. The first-order chi connectivity index (χ1) is 15.2.